The van der Waals surface area contributed by atoms with Crippen molar-refractivity contribution in [1.29, 1.82) is 0 Å². The first kappa shape index (κ1) is 14.6. The number of methoxy groups -OCH3 is 1. The first-order valence-electron chi connectivity index (χ1n) is 9.15. The van der Waals surface area contributed by atoms with Crippen LogP contribution in [0, 0.1) is 29.6 Å². The van der Waals surface area contributed by atoms with Crippen molar-refractivity contribution in [2.45, 2.75) is 38.5 Å². The molecule has 2 nitrogen and oxygen atoms in total. The molecule has 0 saturated heterocycles. The van der Waals surface area contributed by atoms with Gasteiger partial charge in [-0.3, -0.25) is 0 Å². The molecule has 0 heterocycles. The third-order valence-electron chi connectivity index (χ3n) is 6.53. The fraction of sp³-hybridized carbons (Fsp3) is 0.700. The Balaban J connectivity index is 1.25. The fourth-order valence-electron chi connectivity index (χ4n) is 5.70. The van der Waals surface area contributed by atoms with E-state index in [0.29, 0.717) is 0 Å². The van der Waals surface area contributed by atoms with E-state index in [-0.39, 0.29) is 0 Å². The number of nitrogens with one attached hydrogen (secondary N) is 1. The Bertz CT molecular complexity index is 484. The van der Waals surface area contributed by atoms with E-state index in [0.717, 1.165) is 48.3 Å². The zero-order valence-corrected chi connectivity index (χ0v) is 13.8. The first-order chi connectivity index (χ1) is 10.8. The van der Waals surface area contributed by atoms with Crippen molar-refractivity contribution in [1.82, 2.24) is 5.32 Å². The lowest BCUT2D eigenvalue weighted by Crippen LogP contribution is -2.48. The molecule has 2 heteroatoms. The van der Waals surface area contributed by atoms with Gasteiger partial charge < -0.3 is 10.1 Å². The van der Waals surface area contributed by atoms with Crippen molar-refractivity contribution in [2.24, 2.45) is 29.6 Å². The highest BCUT2D eigenvalue weighted by molar-refractivity contribution is 5.28. The lowest BCUT2D eigenvalue weighted by molar-refractivity contribution is -0.0353. The number of hydrogen-bond acceptors (Lipinski definition) is 2. The summed E-state index contributed by atoms with van der Waals surface area (Å²) >= 11 is 0. The standard InChI is InChI=1S/C20H29NO/c1-22-19-4-2-3-14(12-19)5-6-21-13-20-17-8-15-7-16(10-17)11-18(20)9-15/h2-4,12,15-18,20-21H,5-11,13H2,1H3. The van der Waals surface area contributed by atoms with Crippen LogP contribution in [0.2, 0.25) is 0 Å². The van der Waals surface area contributed by atoms with E-state index in [1.807, 2.05) is 6.07 Å². The largest absolute Gasteiger partial charge is 0.497 e. The van der Waals surface area contributed by atoms with E-state index < -0.39 is 0 Å². The zero-order chi connectivity index (χ0) is 14.9. The summed E-state index contributed by atoms with van der Waals surface area (Å²) in [6.45, 7) is 2.34. The maximum atomic E-state index is 5.30. The molecule has 0 amide bonds. The van der Waals surface area contributed by atoms with Crippen LogP contribution < -0.4 is 10.1 Å². The van der Waals surface area contributed by atoms with Crippen LogP contribution in [0.3, 0.4) is 0 Å². The summed E-state index contributed by atoms with van der Waals surface area (Å²) < 4.78 is 5.30. The maximum Gasteiger partial charge on any atom is 0.119 e. The zero-order valence-electron chi connectivity index (χ0n) is 13.8. The van der Waals surface area contributed by atoms with Crippen molar-refractivity contribution in [3.05, 3.63) is 29.8 Å². The molecule has 4 bridgehead atoms. The molecular formula is C20H29NO. The predicted octanol–water partition coefficient (Wildman–Crippen LogP) is 3.90. The minimum atomic E-state index is 0.970. The molecule has 0 atom stereocenters. The molecule has 0 unspecified atom stereocenters. The van der Waals surface area contributed by atoms with Gasteiger partial charge in [-0.15, -0.1) is 0 Å². The second-order valence-corrected chi connectivity index (χ2v) is 7.90. The van der Waals surface area contributed by atoms with E-state index in [1.165, 1.54) is 37.8 Å². The van der Waals surface area contributed by atoms with E-state index in [1.54, 1.807) is 13.5 Å². The van der Waals surface area contributed by atoms with Crippen molar-refractivity contribution in [3.63, 3.8) is 0 Å². The van der Waals surface area contributed by atoms with Crippen LogP contribution in [0.4, 0.5) is 0 Å². The molecular weight excluding hydrogens is 270 g/mol. The van der Waals surface area contributed by atoms with Crippen molar-refractivity contribution in [2.75, 3.05) is 20.2 Å². The number of ether oxygens (including phenoxy) is 1. The molecule has 0 aliphatic heterocycles. The van der Waals surface area contributed by atoms with Crippen LogP contribution >= 0.6 is 0 Å². The lowest BCUT2D eigenvalue weighted by Gasteiger charge is -2.54. The molecule has 4 fully saturated rings. The second-order valence-electron chi connectivity index (χ2n) is 7.90. The van der Waals surface area contributed by atoms with Gasteiger partial charge in [0.1, 0.15) is 5.75 Å². The quantitative estimate of drug-likeness (QED) is 0.804. The van der Waals surface area contributed by atoms with Gasteiger partial charge in [0.2, 0.25) is 0 Å². The van der Waals surface area contributed by atoms with E-state index in [2.05, 4.69) is 23.5 Å². The molecule has 22 heavy (non-hydrogen) atoms. The molecule has 1 N–H and O–H groups in total. The third-order valence-corrected chi connectivity index (χ3v) is 6.53. The summed E-state index contributed by atoms with van der Waals surface area (Å²) in [6, 6.07) is 8.47. The molecule has 1 aromatic carbocycles. The minimum Gasteiger partial charge on any atom is -0.497 e. The van der Waals surface area contributed by atoms with E-state index >= 15 is 0 Å². The molecule has 0 aromatic heterocycles. The minimum absolute atomic E-state index is 0.970. The average Bonchev–Trinajstić information content (AvgIpc) is 2.53. The molecule has 1 aromatic rings. The van der Waals surface area contributed by atoms with Crippen LogP contribution in [-0.4, -0.2) is 20.2 Å². The van der Waals surface area contributed by atoms with Gasteiger partial charge in [0.25, 0.3) is 0 Å². The van der Waals surface area contributed by atoms with Crippen LogP contribution in [0.25, 0.3) is 0 Å². The average molecular weight is 299 g/mol. The summed E-state index contributed by atoms with van der Waals surface area (Å²) in [4.78, 5) is 0. The van der Waals surface area contributed by atoms with Gasteiger partial charge in [-0.25, -0.2) is 0 Å². The Labute approximate surface area is 134 Å². The van der Waals surface area contributed by atoms with Crippen molar-refractivity contribution in [3.8, 4) is 5.75 Å². The summed E-state index contributed by atoms with van der Waals surface area (Å²) in [6.07, 6.45) is 8.81. The Morgan fingerprint density at radius 1 is 1.05 bits per heavy atom. The summed E-state index contributed by atoms with van der Waals surface area (Å²) in [5.74, 6) is 6.21. The maximum absolute atomic E-state index is 5.30. The number of benzene rings is 1. The van der Waals surface area contributed by atoms with Gasteiger partial charge in [-0.1, -0.05) is 12.1 Å². The summed E-state index contributed by atoms with van der Waals surface area (Å²) in [5, 5.41) is 3.76. The number of rotatable bonds is 6. The molecule has 120 valence electrons. The Hall–Kier alpha value is -1.02. The predicted molar refractivity (Wildman–Crippen MR) is 90.1 cm³/mol. The molecule has 5 rings (SSSR count). The monoisotopic (exact) mass is 299 g/mol. The van der Waals surface area contributed by atoms with Gasteiger partial charge in [-0.2, -0.15) is 0 Å². The summed E-state index contributed by atoms with van der Waals surface area (Å²) in [5.41, 5.74) is 1.37. The highest BCUT2D eigenvalue weighted by Gasteiger charge is 2.47. The highest BCUT2D eigenvalue weighted by atomic mass is 16.5. The van der Waals surface area contributed by atoms with Crippen LogP contribution in [0.15, 0.2) is 24.3 Å². The van der Waals surface area contributed by atoms with Crippen molar-refractivity contribution >= 4 is 0 Å². The molecule has 0 radical (unpaired) electrons. The molecule has 0 spiro atoms. The summed E-state index contributed by atoms with van der Waals surface area (Å²) in [7, 11) is 1.74. The van der Waals surface area contributed by atoms with Gasteiger partial charge >= 0.3 is 0 Å². The van der Waals surface area contributed by atoms with E-state index in [4.69, 9.17) is 4.74 Å². The topological polar surface area (TPSA) is 21.3 Å². The van der Waals surface area contributed by atoms with Gasteiger partial charge in [0.05, 0.1) is 7.11 Å². The normalized spacial score (nSPS) is 35.8. The lowest BCUT2D eigenvalue weighted by atomic mass is 9.52. The molecule has 4 aliphatic carbocycles. The fourth-order valence-corrected chi connectivity index (χ4v) is 5.70. The van der Waals surface area contributed by atoms with Gasteiger partial charge in [0.15, 0.2) is 0 Å². The molecule has 4 aliphatic rings. The third kappa shape index (κ3) is 2.90. The van der Waals surface area contributed by atoms with E-state index in [9.17, 15) is 0 Å². The Morgan fingerprint density at radius 3 is 2.45 bits per heavy atom. The Kier molecular flexibility index (Phi) is 4.13. The van der Waals surface area contributed by atoms with Crippen LogP contribution in [0.1, 0.15) is 37.7 Å². The number of hydrogen-bond donors (Lipinski definition) is 1. The smallest absolute Gasteiger partial charge is 0.119 e. The van der Waals surface area contributed by atoms with Gasteiger partial charge in [0, 0.05) is 0 Å². The first-order valence-corrected chi connectivity index (χ1v) is 9.15. The second kappa shape index (κ2) is 6.23. The molecule has 4 saturated carbocycles. The highest BCUT2D eigenvalue weighted by Crippen LogP contribution is 2.56. The van der Waals surface area contributed by atoms with Gasteiger partial charge in [-0.05, 0) is 98.9 Å². The SMILES string of the molecule is COc1cccc(CCNCC2C3CC4CC(C3)CC2C4)c1. The van der Waals surface area contributed by atoms with Crippen LogP contribution in [-0.2, 0) is 6.42 Å². The van der Waals surface area contributed by atoms with Crippen LogP contribution in [0.5, 0.6) is 5.75 Å². The van der Waals surface area contributed by atoms with Crippen molar-refractivity contribution < 1.29 is 4.74 Å². The Morgan fingerprint density at radius 2 is 1.77 bits per heavy atom.